The lowest BCUT2D eigenvalue weighted by atomic mass is 9.82. The summed E-state index contributed by atoms with van der Waals surface area (Å²) in [6.45, 7) is 0. The molecule has 0 unspecified atom stereocenters. The van der Waals surface area contributed by atoms with Gasteiger partial charge in [0.2, 0.25) is 0 Å². The first-order valence-electron chi connectivity index (χ1n) is 4.91. The standard InChI is InChI=1S/C10H10BrN3O/c11-6-3-8-10(12-4-6)14-9(13-8)5-1-7(15)2-5/h3-5,7,15H,1-2H2,(H,12,13,14). The van der Waals surface area contributed by atoms with E-state index in [1.165, 1.54) is 0 Å². The second-order valence-corrected chi connectivity index (χ2v) is 4.88. The van der Waals surface area contributed by atoms with Gasteiger partial charge in [0.1, 0.15) is 5.82 Å². The largest absolute Gasteiger partial charge is 0.393 e. The molecule has 0 spiro atoms. The Bertz CT molecular complexity index is 504. The van der Waals surface area contributed by atoms with Crippen LogP contribution in [0.25, 0.3) is 11.2 Å². The molecule has 0 aromatic carbocycles. The Hall–Kier alpha value is -0.940. The average Bonchev–Trinajstić information content (AvgIpc) is 2.55. The molecule has 0 atom stereocenters. The average molecular weight is 268 g/mol. The van der Waals surface area contributed by atoms with Crippen molar-refractivity contribution in [1.29, 1.82) is 0 Å². The molecular weight excluding hydrogens is 258 g/mol. The second kappa shape index (κ2) is 3.28. The molecule has 5 heteroatoms. The minimum absolute atomic E-state index is 0.150. The number of pyridine rings is 1. The Kier molecular flexibility index (Phi) is 2.03. The number of halogens is 1. The van der Waals surface area contributed by atoms with E-state index in [1.54, 1.807) is 6.20 Å². The minimum Gasteiger partial charge on any atom is -0.393 e. The molecule has 0 saturated heterocycles. The number of aromatic amines is 1. The van der Waals surface area contributed by atoms with Crippen LogP contribution in [0.1, 0.15) is 24.6 Å². The van der Waals surface area contributed by atoms with Gasteiger partial charge in [0.15, 0.2) is 5.65 Å². The lowest BCUT2D eigenvalue weighted by Gasteiger charge is -2.29. The predicted octanol–water partition coefficient (Wildman–Crippen LogP) is 1.96. The number of aromatic nitrogens is 3. The molecule has 1 aliphatic carbocycles. The third-order valence-corrected chi connectivity index (χ3v) is 3.26. The van der Waals surface area contributed by atoms with E-state index in [0.717, 1.165) is 34.3 Å². The molecule has 2 aromatic rings. The van der Waals surface area contributed by atoms with E-state index in [2.05, 4.69) is 30.9 Å². The Morgan fingerprint density at radius 2 is 2.27 bits per heavy atom. The van der Waals surface area contributed by atoms with Gasteiger partial charge in [-0.25, -0.2) is 9.97 Å². The summed E-state index contributed by atoms with van der Waals surface area (Å²) in [6.07, 6.45) is 3.20. The van der Waals surface area contributed by atoms with E-state index in [1.807, 2.05) is 6.07 Å². The van der Waals surface area contributed by atoms with Crippen LogP contribution in [0.3, 0.4) is 0 Å². The number of hydrogen-bond donors (Lipinski definition) is 2. The highest BCUT2D eigenvalue weighted by atomic mass is 79.9. The quantitative estimate of drug-likeness (QED) is 0.831. The molecular formula is C10H10BrN3O. The van der Waals surface area contributed by atoms with Crippen molar-refractivity contribution in [3.63, 3.8) is 0 Å². The van der Waals surface area contributed by atoms with Gasteiger partial charge in [-0.1, -0.05) is 0 Å². The number of aliphatic hydroxyl groups excluding tert-OH is 1. The summed E-state index contributed by atoms with van der Waals surface area (Å²) >= 11 is 3.37. The highest BCUT2D eigenvalue weighted by Gasteiger charge is 2.30. The van der Waals surface area contributed by atoms with Crippen LogP contribution in [0.15, 0.2) is 16.7 Å². The first kappa shape index (κ1) is 9.30. The van der Waals surface area contributed by atoms with Gasteiger partial charge in [-0.15, -0.1) is 0 Å². The van der Waals surface area contributed by atoms with Gasteiger partial charge in [0, 0.05) is 16.6 Å². The molecule has 1 aliphatic rings. The van der Waals surface area contributed by atoms with Crippen molar-refractivity contribution < 1.29 is 5.11 Å². The topological polar surface area (TPSA) is 61.8 Å². The monoisotopic (exact) mass is 267 g/mol. The molecule has 1 fully saturated rings. The summed E-state index contributed by atoms with van der Waals surface area (Å²) in [7, 11) is 0. The van der Waals surface area contributed by atoms with E-state index in [-0.39, 0.29) is 6.10 Å². The fraction of sp³-hybridized carbons (Fsp3) is 0.400. The van der Waals surface area contributed by atoms with Crippen molar-refractivity contribution >= 4 is 27.1 Å². The highest BCUT2D eigenvalue weighted by molar-refractivity contribution is 9.10. The van der Waals surface area contributed by atoms with Crippen LogP contribution in [0, 0.1) is 0 Å². The number of nitrogens with one attached hydrogen (secondary N) is 1. The zero-order chi connectivity index (χ0) is 10.4. The summed E-state index contributed by atoms with van der Waals surface area (Å²) in [5.41, 5.74) is 1.69. The van der Waals surface area contributed by atoms with Crippen molar-refractivity contribution in [2.75, 3.05) is 0 Å². The molecule has 2 N–H and O–H groups in total. The fourth-order valence-electron chi connectivity index (χ4n) is 1.90. The van der Waals surface area contributed by atoms with E-state index < -0.39 is 0 Å². The number of nitrogens with zero attached hydrogens (tertiary/aromatic N) is 2. The van der Waals surface area contributed by atoms with Gasteiger partial charge >= 0.3 is 0 Å². The highest BCUT2D eigenvalue weighted by Crippen LogP contribution is 2.35. The number of H-pyrrole nitrogens is 1. The predicted molar refractivity (Wildman–Crippen MR) is 59.6 cm³/mol. The van der Waals surface area contributed by atoms with Crippen LogP contribution < -0.4 is 0 Å². The first-order valence-corrected chi connectivity index (χ1v) is 5.71. The van der Waals surface area contributed by atoms with Gasteiger partial charge in [0.25, 0.3) is 0 Å². The summed E-state index contributed by atoms with van der Waals surface area (Å²) in [4.78, 5) is 11.9. The third kappa shape index (κ3) is 1.55. The lowest BCUT2D eigenvalue weighted by Crippen LogP contribution is -2.27. The van der Waals surface area contributed by atoms with Crippen LogP contribution in [-0.4, -0.2) is 26.2 Å². The van der Waals surface area contributed by atoms with Crippen LogP contribution in [0.4, 0.5) is 0 Å². The van der Waals surface area contributed by atoms with Gasteiger partial charge < -0.3 is 10.1 Å². The van der Waals surface area contributed by atoms with E-state index in [0.29, 0.717) is 5.92 Å². The number of imidazole rings is 1. The molecule has 4 nitrogen and oxygen atoms in total. The van der Waals surface area contributed by atoms with Gasteiger partial charge in [-0.3, -0.25) is 0 Å². The number of aliphatic hydroxyl groups is 1. The molecule has 15 heavy (non-hydrogen) atoms. The maximum absolute atomic E-state index is 9.23. The molecule has 2 heterocycles. The molecule has 0 aliphatic heterocycles. The van der Waals surface area contributed by atoms with Crippen molar-refractivity contribution in [3.8, 4) is 0 Å². The normalized spacial score (nSPS) is 25.5. The molecule has 0 radical (unpaired) electrons. The van der Waals surface area contributed by atoms with Gasteiger partial charge in [0.05, 0.1) is 11.6 Å². The third-order valence-electron chi connectivity index (χ3n) is 2.82. The van der Waals surface area contributed by atoms with Gasteiger partial charge in [-0.2, -0.15) is 0 Å². The van der Waals surface area contributed by atoms with E-state index >= 15 is 0 Å². The lowest BCUT2D eigenvalue weighted by molar-refractivity contribution is 0.0720. The Morgan fingerprint density at radius 1 is 1.47 bits per heavy atom. The van der Waals surface area contributed by atoms with E-state index in [9.17, 15) is 5.11 Å². The Morgan fingerprint density at radius 3 is 3.00 bits per heavy atom. The maximum Gasteiger partial charge on any atom is 0.177 e. The number of rotatable bonds is 1. The molecule has 2 aromatic heterocycles. The summed E-state index contributed by atoms with van der Waals surface area (Å²) in [5, 5.41) is 9.23. The van der Waals surface area contributed by atoms with Gasteiger partial charge in [-0.05, 0) is 34.8 Å². The second-order valence-electron chi connectivity index (χ2n) is 3.97. The molecule has 78 valence electrons. The van der Waals surface area contributed by atoms with Crippen molar-refractivity contribution in [2.24, 2.45) is 0 Å². The fourth-order valence-corrected chi connectivity index (χ4v) is 2.23. The first-order chi connectivity index (χ1) is 7.22. The SMILES string of the molecule is OC1CC(c2nc3ncc(Br)cc3[nH]2)C1. The molecule has 3 rings (SSSR count). The maximum atomic E-state index is 9.23. The van der Waals surface area contributed by atoms with Crippen LogP contribution in [-0.2, 0) is 0 Å². The number of hydrogen-bond acceptors (Lipinski definition) is 3. The molecule has 1 saturated carbocycles. The Balaban J connectivity index is 1.99. The Labute approximate surface area is 94.9 Å². The van der Waals surface area contributed by atoms with Crippen LogP contribution in [0.2, 0.25) is 0 Å². The summed E-state index contributed by atoms with van der Waals surface area (Å²) in [6, 6.07) is 1.97. The van der Waals surface area contributed by atoms with Crippen molar-refractivity contribution in [1.82, 2.24) is 15.0 Å². The van der Waals surface area contributed by atoms with Crippen LogP contribution in [0.5, 0.6) is 0 Å². The van der Waals surface area contributed by atoms with Crippen molar-refractivity contribution in [3.05, 3.63) is 22.6 Å². The van der Waals surface area contributed by atoms with E-state index in [4.69, 9.17) is 0 Å². The smallest absolute Gasteiger partial charge is 0.177 e. The van der Waals surface area contributed by atoms with Crippen molar-refractivity contribution in [2.45, 2.75) is 24.9 Å². The summed E-state index contributed by atoms with van der Waals surface area (Å²) < 4.78 is 0.943. The summed E-state index contributed by atoms with van der Waals surface area (Å²) in [5.74, 6) is 1.31. The molecule has 0 bridgehead atoms. The van der Waals surface area contributed by atoms with Crippen LogP contribution >= 0.6 is 15.9 Å². The molecule has 0 amide bonds. The zero-order valence-electron chi connectivity index (χ0n) is 7.94. The zero-order valence-corrected chi connectivity index (χ0v) is 9.53. The number of fused-ring (bicyclic) bond motifs is 1. The minimum atomic E-state index is -0.150.